The van der Waals surface area contributed by atoms with Crippen molar-refractivity contribution in [3.05, 3.63) is 83.9 Å². The topological polar surface area (TPSA) is 152 Å². The molecule has 0 aromatic heterocycles. The highest BCUT2D eigenvalue weighted by atomic mass is 16.5. The van der Waals surface area contributed by atoms with Crippen LogP contribution in [0.1, 0.15) is 11.1 Å². The smallest absolute Gasteiger partial charge is 0.338 e. The van der Waals surface area contributed by atoms with Crippen LogP contribution in [0.15, 0.2) is 72.8 Å². The highest BCUT2D eigenvalue weighted by molar-refractivity contribution is 5.70. The summed E-state index contributed by atoms with van der Waals surface area (Å²) < 4.78 is 11.8. The van der Waals surface area contributed by atoms with Gasteiger partial charge < -0.3 is 20.9 Å². The summed E-state index contributed by atoms with van der Waals surface area (Å²) in [5, 5.41) is 19.6. The van der Waals surface area contributed by atoms with E-state index < -0.39 is 12.1 Å². The Morgan fingerprint density at radius 3 is 1.38 bits per heavy atom. The van der Waals surface area contributed by atoms with Gasteiger partial charge in [0.05, 0.1) is 13.1 Å². The molecule has 6 N–H and O–H groups in total. The first-order valence-electron chi connectivity index (χ1n) is 10.5. The van der Waals surface area contributed by atoms with Gasteiger partial charge >= 0.3 is 12.1 Å². The van der Waals surface area contributed by atoms with Gasteiger partial charge in [0.25, 0.3) is 0 Å². The first-order valence-corrected chi connectivity index (χ1v) is 10.5. The molecule has 0 atom stereocenters. The minimum Gasteiger partial charge on any atom is -0.457 e. The molecule has 0 radical (unpaired) electrons. The van der Waals surface area contributed by atoms with Crippen molar-refractivity contribution in [1.82, 2.24) is 10.1 Å². The van der Waals surface area contributed by atoms with Crippen molar-refractivity contribution < 1.29 is 29.5 Å². The van der Waals surface area contributed by atoms with Crippen LogP contribution >= 0.6 is 0 Å². The molecule has 0 saturated heterocycles. The lowest BCUT2D eigenvalue weighted by molar-refractivity contribution is -0.0382. The van der Waals surface area contributed by atoms with E-state index in [4.69, 9.17) is 20.9 Å². The number of urea groups is 2. The molecule has 3 rings (SSSR count). The van der Waals surface area contributed by atoms with E-state index in [1.165, 1.54) is 0 Å². The van der Waals surface area contributed by atoms with Crippen LogP contribution in [-0.4, -0.2) is 45.7 Å². The van der Waals surface area contributed by atoms with Gasteiger partial charge in [-0.3, -0.25) is 10.4 Å². The maximum absolute atomic E-state index is 10.8. The fraction of sp³-hybridized carbons (Fsp3) is 0.167. The van der Waals surface area contributed by atoms with Gasteiger partial charge in [-0.25, -0.2) is 19.7 Å². The van der Waals surface area contributed by atoms with E-state index in [1.807, 2.05) is 30.3 Å². The van der Waals surface area contributed by atoms with E-state index in [9.17, 15) is 20.0 Å². The summed E-state index contributed by atoms with van der Waals surface area (Å²) in [7, 11) is 0. The molecule has 0 heterocycles. The average molecular weight is 466 g/mol. The molecule has 0 aliphatic carbocycles. The third-order valence-electron chi connectivity index (χ3n) is 4.86. The summed E-state index contributed by atoms with van der Waals surface area (Å²) in [5.74, 6) is 2.42. The monoisotopic (exact) mass is 466 g/mol. The van der Waals surface area contributed by atoms with Crippen LogP contribution < -0.4 is 20.9 Å². The number of ether oxygens (including phenoxy) is 2. The zero-order valence-corrected chi connectivity index (χ0v) is 18.3. The van der Waals surface area contributed by atoms with Crippen LogP contribution in [-0.2, 0) is 12.8 Å². The lowest BCUT2D eigenvalue weighted by Crippen LogP contribution is -2.34. The molecule has 3 aromatic rings. The predicted octanol–water partition coefficient (Wildman–Crippen LogP) is 3.90. The maximum atomic E-state index is 10.8. The first-order chi connectivity index (χ1) is 16.3. The quantitative estimate of drug-likeness (QED) is 0.263. The lowest BCUT2D eigenvalue weighted by atomic mass is 10.1. The number of carbonyl (C=O) groups is 2. The Balaban J connectivity index is 1.54. The number of hydrogen-bond acceptors (Lipinski definition) is 6. The largest absolute Gasteiger partial charge is 0.457 e. The van der Waals surface area contributed by atoms with E-state index in [-0.39, 0.29) is 13.1 Å². The molecule has 34 heavy (non-hydrogen) atoms. The van der Waals surface area contributed by atoms with Gasteiger partial charge in [-0.15, -0.1) is 0 Å². The van der Waals surface area contributed by atoms with Crippen LogP contribution in [0.4, 0.5) is 9.59 Å². The number of hydrogen-bond donors (Lipinski definition) is 4. The van der Waals surface area contributed by atoms with Crippen LogP contribution in [0.5, 0.6) is 23.0 Å². The van der Waals surface area contributed by atoms with Gasteiger partial charge in [-0.05, 0) is 60.4 Å². The minimum absolute atomic E-state index is 0.100. The molecule has 10 heteroatoms. The number of nitrogens with two attached hydrogens (primary N) is 2. The van der Waals surface area contributed by atoms with E-state index in [1.54, 1.807) is 42.5 Å². The Bertz CT molecular complexity index is 1020. The number of primary amides is 2. The number of carbonyl (C=O) groups excluding carboxylic acids is 2. The normalized spacial score (nSPS) is 10.4. The van der Waals surface area contributed by atoms with Crippen molar-refractivity contribution in [2.75, 3.05) is 13.1 Å². The zero-order chi connectivity index (χ0) is 24.5. The Labute approximate surface area is 196 Å². The van der Waals surface area contributed by atoms with Gasteiger partial charge in [0.15, 0.2) is 0 Å². The minimum atomic E-state index is -0.892. The molecule has 10 nitrogen and oxygen atoms in total. The molecule has 0 saturated carbocycles. The number of hydroxylamine groups is 4. The number of amides is 4. The summed E-state index contributed by atoms with van der Waals surface area (Å²) in [6.45, 7) is 0.201. The lowest BCUT2D eigenvalue weighted by Gasteiger charge is -2.13. The van der Waals surface area contributed by atoms with Crippen LogP contribution in [0.25, 0.3) is 0 Å². The average Bonchev–Trinajstić information content (AvgIpc) is 2.83. The Hall–Kier alpha value is -4.28. The predicted molar refractivity (Wildman–Crippen MR) is 123 cm³/mol. The Kier molecular flexibility index (Phi) is 8.27. The standard InChI is InChI=1S/C24H26N4O6/c25-23(29)27(31)14-12-17-4-8-19(9-5-17)33-21-2-1-3-22(16-21)34-20-10-6-18(7-11-20)13-15-28(32)24(26)30/h1-11,16,31-32H,12-15H2,(H2,25,29)(H2,26,30). The van der Waals surface area contributed by atoms with Crippen molar-refractivity contribution in [1.29, 1.82) is 0 Å². The molecule has 3 aromatic carbocycles. The number of benzene rings is 3. The summed E-state index contributed by atoms with van der Waals surface area (Å²) in [5.41, 5.74) is 11.8. The first kappa shape index (κ1) is 24.4. The third-order valence-corrected chi connectivity index (χ3v) is 4.86. The highest BCUT2D eigenvalue weighted by Gasteiger charge is 2.07. The molecule has 0 unspecified atom stereocenters. The van der Waals surface area contributed by atoms with Crippen molar-refractivity contribution in [3.63, 3.8) is 0 Å². The van der Waals surface area contributed by atoms with Crippen LogP contribution in [0.2, 0.25) is 0 Å². The molecule has 0 spiro atoms. The maximum Gasteiger partial charge on any atom is 0.338 e. The second kappa shape index (κ2) is 11.5. The van der Waals surface area contributed by atoms with Crippen molar-refractivity contribution >= 4 is 12.1 Å². The fourth-order valence-electron chi connectivity index (χ4n) is 3.01. The highest BCUT2D eigenvalue weighted by Crippen LogP contribution is 2.28. The number of rotatable bonds is 10. The molecule has 178 valence electrons. The van der Waals surface area contributed by atoms with Gasteiger partial charge in [-0.1, -0.05) is 30.3 Å². The Morgan fingerprint density at radius 2 is 1.03 bits per heavy atom. The zero-order valence-electron chi connectivity index (χ0n) is 18.3. The summed E-state index contributed by atoms with van der Waals surface area (Å²) in [6.07, 6.45) is 0.899. The van der Waals surface area contributed by atoms with E-state index >= 15 is 0 Å². The third kappa shape index (κ3) is 7.40. The van der Waals surface area contributed by atoms with Gasteiger partial charge in [0.2, 0.25) is 0 Å². The number of nitrogens with zero attached hydrogens (tertiary/aromatic N) is 2. The van der Waals surface area contributed by atoms with Crippen molar-refractivity contribution in [3.8, 4) is 23.0 Å². The van der Waals surface area contributed by atoms with Gasteiger partial charge in [0.1, 0.15) is 23.0 Å². The molecular formula is C24H26N4O6. The van der Waals surface area contributed by atoms with Crippen LogP contribution in [0.3, 0.4) is 0 Å². The van der Waals surface area contributed by atoms with E-state index in [0.29, 0.717) is 46.0 Å². The second-order valence-electron chi connectivity index (χ2n) is 7.39. The van der Waals surface area contributed by atoms with Gasteiger partial charge in [-0.2, -0.15) is 0 Å². The van der Waals surface area contributed by atoms with Crippen molar-refractivity contribution in [2.45, 2.75) is 12.8 Å². The molecule has 0 aliphatic heterocycles. The summed E-state index contributed by atoms with van der Waals surface area (Å²) in [4.78, 5) is 21.7. The second-order valence-corrected chi connectivity index (χ2v) is 7.39. The molecule has 0 fully saturated rings. The molecular weight excluding hydrogens is 440 g/mol. The summed E-state index contributed by atoms with van der Waals surface area (Å²) in [6, 6.07) is 19.9. The summed E-state index contributed by atoms with van der Waals surface area (Å²) >= 11 is 0. The molecule has 0 aliphatic rings. The van der Waals surface area contributed by atoms with E-state index in [2.05, 4.69) is 0 Å². The molecule has 0 bridgehead atoms. The fourth-order valence-corrected chi connectivity index (χ4v) is 3.01. The van der Waals surface area contributed by atoms with Crippen LogP contribution in [0, 0.1) is 0 Å². The SMILES string of the molecule is NC(=O)N(O)CCc1ccc(Oc2cccc(Oc3ccc(CCN(O)C(N)=O)cc3)c2)cc1. The molecule has 4 amide bonds. The Morgan fingerprint density at radius 1 is 0.647 bits per heavy atom. The van der Waals surface area contributed by atoms with Gasteiger partial charge in [0, 0.05) is 6.07 Å². The van der Waals surface area contributed by atoms with Crippen molar-refractivity contribution in [2.24, 2.45) is 11.5 Å². The van der Waals surface area contributed by atoms with E-state index in [0.717, 1.165) is 11.1 Å².